The highest BCUT2D eigenvalue weighted by Crippen LogP contribution is 2.24. The summed E-state index contributed by atoms with van der Waals surface area (Å²) < 4.78 is 7.04. The Balaban J connectivity index is 1.96. The van der Waals surface area contributed by atoms with Crippen LogP contribution in [0.4, 0.5) is 0 Å². The molecule has 0 radical (unpaired) electrons. The predicted octanol–water partition coefficient (Wildman–Crippen LogP) is 2.80. The summed E-state index contributed by atoms with van der Waals surface area (Å²) in [5.41, 5.74) is 3.00. The summed E-state index contributed by atoms with van der Waals surface area (Å²) in [5, 5.41) is 0. The molecule has 0 atom stereocenters. The van der Waals surface area contributed by atoms with Gasteiger partial charge >= 0.3 is 5.69 Å². The molecule has 0 unspecified atom stereocenters. The molecule has 7 heteroatoms. The van der Waals surface area contributed by atoms with E-state index in [-0.39, 0.29) is 5.69 Å². The van der Waals surface area contributed by atoms with Crippen molar-refractivity contribution < 1.29 is 4.74 Å². The van der Waals surface area contributed by atoms with E-state index in [1.807, 2.05) is 24.5 Å². The molecule has 2 aliphatic rings. The lowest BCUT2D eigenvalue weighted by molar-refractivity contribution is 0.192. The van der Waals surface area contributed by atoms with Crippen LogP contribution >= 0.6 is 0 Å². The Morgan fingerprint density at radius 2 is 1.70 bits per heavy atom. The molecular weight excluding hydrogens is 344 g/mol. The first-order valence-corrected chi connectivity index (χ1v) is 9.42. The molecule has 3 rings (SSSR count). The van der Waals surface area contributed by atoms with Gasteiger partial charge in [-0.2, -0.15) is 4.98 Å². The molecule has 144 valence electrons. The van der Waals surface area contributed by atoms with E-state index >= 15 is 0 Å². The van der Waals surface area contributed by atoms with Crippen LogP contribution in [0.25, 0.3) is 22.6 Å². The third-order valence-corrected chi connectivity index (χ3v) is 4.95. The second kappa shape index (κ2) is 8.43. The molecule has 0 aliphatic carbocycles. The van der Waals surface area contributed by atoms with Crippen molar-refractivity contribution in [2.45, 2.75) is 52.5 Å². The fourth-order valence-corrected chi connectivity index (χ4v) is 3.32. The van der Waals surface area contributed by atoms with E-state index in [1.54, 1.807) is 7.11 Å². The van der Waals surface area contributed by atoms with E-state index in [0.717, 1.165) is 60.9 Å². The van der Waals surface area contributed by atoms with Crippen LogP contribution < -0.4 is 11.2 Å². The second-order valence-electron chi connectivity index (χ2n) is 6.99. The van der Waals surface area contributed by atoms with Gasteiger partial charge in [-0.1, -0.05) is 19.3 Å². The Hall–Kier alpha value is -2.54. The number of hydrogen-bond donors (Lipinski definition) is 1. The zero-order chi connectivity index (χ0) is 19.4. The van der Waals surface area contributed by atoms with Crippen LogP contribution in [0.2, 0.25) is 0 Å². The first-order valence-electron chi connectivity index (χ1n) is 9.42. The van der Waals surface area contributed by atoms with Crippen LogP contribution in [0.1, 0.15) is 43.2 Å². The average Bonchev–Trinajstić information content (AvgIpc) is 2.62. The molecule has 27 heavy (non-hydrogen) atoms. The topological polar surface area (TPSA) is 89.9 Å². The summed E-state index contributed by atoms with van der Waals surface area (Å²) in [6.07, 6.45) is 5.35. The Bertz CT molecular complexity index is 1020. The van der Waals surface area contributed by atoms with Crippen LogP contribution in [0.5, 0.6) is 0 Å². The maximum Gasteiger partial charge on any atom is 0.349 e. The molecular formula is C20H26N4O3. The maximum absolute atomic E-state index is 12.2. The monoisotopic (exact) mass is 370 g/mol. The van der Waals surface area contributed by atoms with Crippen molar-refractivity contribution in [2.24, 2.45) is 0 Å². The van der Waals surface area contributed by atoms with Gasteiger partial charge in [0.1, 0.15) is 0 Å². The molecule has 0 saturated carbocycles. The number of aromatic nitrogens is 4. The zero-order valence-electron chi connectivity index (χ0n) is 16.2. The Labute approximate surface area is 157 Å². The minimum atomic E-state index is -0.634. The van der Waals surface area contributed by atoms with Crippen LogP contribution in [-0.2, 0) is 11.3 Å². The van der Waals surface area contributed by atoms with E-state index in [4.69, 9.17) is 4.74 Å². The number of fused-ring (bicyclic) bond motifs is 2. The number of ether oxygens (including phenoxy) is 1. The quantitative estimate of drug-likeness (QED) is 0.486. The van der Waals surface area contributed by atoms with E-state index in [0.29, 0.717) is 12.4 Å². The summed E-state index contributed by atoms with van der Waals surface area (Å²) in [4.78, 5) is 34.8. The lowest BCUT2D eigenvalue weighted by atomic mass is 10.1. The van der Waals surface area contributed by atoms with Crippen molar-refractivity contribution in [3.05, 3.63) is 44.1 Å². The summed E-state index contributed by atoms with van der Waals surface area (Å²) in [7, 11) is 1.72. The van der Waals surface area contributed by atoms with E-state index in [1.165, 1.54) is 0 Å². The largest absolute Gasteiger partial charge is 0.385 e. The van der Waals surface area contributed by atoms with Gasteiger partial charge in [-0.3, -0.25) is 9.78 Å². The number of methoxy groups -OCH3 is 1. The smallest absolute Gasteiger partial charge is 0.349 e. The minimum Gasteiger partial charge on any atom is -0.385 e. The standard InChI is InChI=1S/C20H26N4O3/c1-13-11-15-16(12-14(13)2)24(9-7-5-4-6-8-10-27-3)18-17(21-15)19(25)23-20(26)22-18/h11-12H,4-10H2,1-3H3,(H,23,25,26). The van der Waals surface area contributed by atoms with E-state index in [9.17, 15) is 9.59 Å². The Morgan fingerprint density at radius 1 is 1.00 bits per heavy atom. The normalized spacial score (nSPS) is 11.5. The molecule has 0 amide bonds. The van der Waals surface area contributed by atoms with Gasteiger partial charge in [0.25, 0.3) is 5.56 Å². The van der Waals surface area contributed by atoms with Gasteiger partial charge in [-0.25, -0.2) is 9.78 Å². The number of hydrogen-bond acceptors (Lipinski definition) is 5. The van der Waals surface area contributed by atoms with Crippen molar-refractivity contribution in [3.63, 3.8) is 0 Å². The number of aromatic amines is 1. The third kappa shape index (κ3) is 4.24. The highest BCUT2D eigenvalue weighted by molar-refractivity contribution is 5.81. The summed E-state index contributed by atoms with van der Waals surface area (Å²) in [6.45, 7) is 5.56. The van der Waals surface area contributed by atoms with Crippen molar-refractivity contribution in [3.8, 4) is 11.5 Å². The number of aryl methyl sites for hydroxylation is 3. The molecule has 1 aromatic rings. The van der Waals surface area contributed by atoms with Crippen molar-refractivity contribution in [2.75, 3.05) is 13.7 Å². The molecule has 0 bridgehead atoms. The molecule has 1 N–H and O–H groups in total. The number of rotatable bonds is 8. The molecule has 7 nitrogen and oxygen atoms in total. The minimum absolute atomic E-state index is 0.213. The lowest BCUT2D eigenvalue weighted by Gasteiger charge is -2.17. The van der Waals surface area contributed by atoms with Gasteiger partial charge in [0.2, 0.25) is 0 Å². The fourth-order valence-electron chi connectivity index (χ4n) is 3.32. The second-order valence-corrected chi connectivity index (χ2v) is 6.99. The lowest BCUT2D eigenvalue weighted by Crippen LogP contribution is -2.29. The SMILES string of the molecule is COCCCCCCCn1c2nc(=O)[nH]c(=O)c-2nc2cc(C)c(C)cc21. The highest BCUT2D eigenvalue weighted by atomic mass is 16.5. The van der Waals surface area contributed by atoms with Crippen molar-refractivity contribution in [1.29, 1.82) is 0 Å². The van der Waals surface area contributed by atoms with Crippen LogP contribution in [0, 0.1) is 13.8 Å². The van der Waals surface area contributed by atoms with Gasteiger partial charge in [0.15, 0.2) is 11.5 Å². The summed E-state index contributed by atoms with van der Waals surface area (Å²) >= 11 is 0. The van der Waals surface area contributed by atoms with E-state index < -0.39 is 11.2 Å². The fraction of sp³-hybridized carbons (Fsp3) is 0.500. The average molecular weight is 370 g/mol. The van der Waals surface area contributed by atoms with Crippen molar-refractivity contribution in [1.82, 2.24) is 19.5 Å². The predicted molar refractivity (Wildman–Crippen MR) is 105 cm³/mol. The van der Waals surface area contributed by atoms with Crippen LogP contribution in [-0.4, -0.2) is 33.2 Å². The number of nitrogens with zero attached hydrogens (tertiary/aromatic N) is 3. The first-order chi connectivity index (χ1) is 13.0. The summed E-state index contributed by atoms with van der Waals surface area (Å²) in [5.74, 6) is 0.360. The number of H-pyrrole nitrogens is 1. The molecule has 0 saturated heterocycles. The highest BCUT2D eigenvalue weighted by Gasteiger charge is 2.18. The Kier molecular flexibility index (Phi) is 6.01. The Morgan fingerprint density at radius 3 is 2.48 bits per heavy atom. The van der Waals surface area contributed by atoms with Crippen molar-refractivity contribution >= 4 is 11.0 Å². The maximum atomic E-state index is 12.2. The molecule has 0 fully saturated rings. The van der Waals surface area contributed by atoms with Gasteiger partial charge in [-0.05, 0) is 49.9 Å². The van der Waals surface area contributed by atoms with Crippen LogP contribution in [0.3, 0.4) is 0 Å². The molecule has 1 aromatic carbocycles. The first kappa shape index (κ1) is 19.2. The van der Waals surface area contributed by atoms with Gasteiger partial charge in [-0.15, -0.1) is 0 Å². The zero-order valence-corrected chi connectivity index (χ0v) is 16.2. The van der Waals surface area contributed by atoms with Gasteiger partial charge in [0, 0.05) is 20.3 Å². The number of nitrogens with one attached hydrogen (secondary N) is 1. The van der Waals surface area contributed by atoms with Gasteiger partial charge < -0.3 is 9.30 Å². The third-order valence-electron chi connectivity index (χ3n) is 4.95. The molecule has 2 heterocycles. The van der Waals surface area contributed by atoms with Crippen LogP contribution in [0.15, 0.2) is 21.7 Å². The summed E-state index contributed by atoms with van der Waals surface area (Å²) in [6, 6.07) is 4.04. The molecule has 0 aromatic heterocycles. The van der Waals surface area contributed by atoms with E-state index in [2.05, 4.69) is 21.0 Å². The molecule has 2 aliphatic heterocycles. The number of unbranched alkanes of at least 4 members (excludes halogenated alkanes) is 4. The number of benzene rings is 1. The van der Waals surface area contributed by atoms with Gasteiger partial charge in [0.05, 0.1) is 11.0 Å². The molecule has 0 spiro atoms.